The first kappa shape index (κ1) is 22.9. The van der Waals surface area contributed by atoms with Crippen LogP contribution in [0.15, 0.2) is 35.5 Å². The number of para-hydroxylation sites is 1. The SMILES string of the molecule is CC(C)Cn1c(SC(C)C(=O)N2CCN(c3ccccc3)CC2)nnc1N1CCOCC1. The van der Waals surface area contributed by atoms with Crippen molar-refractivity contribution in [2.75, 3.05) is 62.3 Å². The van der Waals surface area contributed by atoms with Crippen LogP contribution < -0.4 is 9.80 Å². The highest BCUT2D eigenvalue weighted by atomic mass is 32.2. The van der Waals surface area contributed by atoms with Crippen LogP contribution in [-0.2, 0) is 16.1 Å². The van der Waals surface area contributed by atoms with Gasteiger partial charge in [0.1, 0.15) is 0 Å². The highest BCUT2D eigenvalue weighted by Crippen LogP contribution is 2.28. The molecule has 174 valence electrons. The van der Waals surface area contributed by atoms with Crippen molar-refractivity contribution in [3.8, 4) is 0 Å². The largest absolute Gasteiger partial charge is 0.378 e. The molecule has 2 aliphatic rings. The normalized spacial score (nSPS) is 18.3. The molecule has 32 heavy (non-hydrogen) atoms. The number of carbonyl (C=O) groups is 1. The van der Waals surface area contributed by atoms with Crippen LogP contribution in [0, 0.1) is 5.92 Å². The smallest absolute Gasteiger partial charge is 0.236 e. The third-order valence-electron chi connectivity index (χ3n) is 5.88. The summed E-state index contributed by atoms with van der Waals surface area (Å²) in [6.45, 7) is 13.5. The van der Waals surface area contributed by atoms with E-state index >= 15 is 0 Å². The van der Waals surface area contributed by atoms with Crippen LogP contribution in [0.2, 0.25) is 0 Å². The van der Waals surface area contributed by atoms with Gasteiger partial charge in [0.2, 0.25) is 11.9 Å². The monoisotopic (exact) mass is 458 g/mol. The minimum absolute atomic E-state index is 0.176. The maximum atomic E-state index is 13.2. The summed E-state index contributed by atoms with van der Waals surface area (Å²) < 4.78 is 7.67. The van der Waals surface area contributed by atoms with Crippen molar-refractivity contribution >= 4 is 29.3 Å². The minimum Gasteiger partial charge on any atom is -0.378 e. The molecule has 2 aromatic rings. The van der Waals surface area contributed by atoms with E-state index in [9.17, 15) is 4.79 Å². The molecule has 1 aromatic heterocycles. The van der Waals surface area contributed by atoms with E-state index in [0.717, 1.165) is 56.9 Å². The molecule has 9 heteroatoms. The number of hydrogen-bond acceptors (Lipinski definition) is 7. The number of ether oxygens (including phenoxy) is 1. The van der Waals surface area contributed by atoms with E-state index in [0.29, 0.717) is 19.1 Å². The lowest BCUT2D eigenvalue weighted by molar-refractivity contribution is -0.130. The van der Waals surface area contributed by atoms with Crippen molar-refractivity contribution in [1.82, 2.24) is 19.7 Å². The fourth-order valence-electron chi connectivity index (χ4n) is 4.18. The Labute approximate surface area is 194 Å². The van der Waals surface area contributed by atoms with Gasteiger partial charge in [-0.05, 0) is 25.0 Å². The van der Waals surface area contributed by atoms with E-state index in [2.05, 4.69) is 62.7 Å². The molecular formula is C23H34N6O2S. The molecule has 0 bridgehead atoms. The fraction of sp³-hybridized carbons (Fsp3) is 0.609. The van der Waals surface area contributed by atoms with Crippen molar-refractivity contribution in [2.24, 2.45) is 5.92 Å². The number of aromatic nitrogens is 3. The first-order valence-corrected chi connectivity index (χ1v) is 12.4. The predicted molar refractivity (Wildman–Crippen MR) is 128 cm³/mol. The summed E-state index contributed by atoms with van der Waals surface area (Å²) in [7, 11) is 0. The van der Waals surface area contributed by atoms with Crippen molar-refractivity contribution in [2.45, 2.75) is 37.7 Å². The summed E-state index contributed by atoms with van der Waals surface area (Å²) in [6.07, 6.45) is 0. The molecule has 0 N–H and O–H groups in total. The molecule has 1 atom stereocenters. The van der Waals surface area contributed by atoms with Crippen LogP contribution in [0.4, 0.5) is 11.6 Å². The Morgan fingerprint density at radius 1 is 0.969 bits per heavy atom. The molecule has 4 rings (SSSR count). The number of anilines is 2. The number of nitrogens with zero attached hydrogens (tertiary/aromatic N) is 6. The van der Waals surface area contributed by atoms with Crippen LogP contribution in [0.3, 0.4) is 0 Å². The second-order valence-corrected chi connectivity index (χ2v) is 10.1. The van der Waals surface area contributed by atoms with E-state index in [-0.39, 0.29) is 11.2 Å². The van der Waals surface area contributed by atoms with Gasteiger partial charge in [-0.2, -0.15) is 0 Å². The Bertz CT molecular complexity index is 876. The zero-order chi connectivity index (χ0) is 22.5. The predicted octanol–water partition coefficient (Wildman–Crippen LogP) is 2.60. The average molecular weight is 459 g/mol. The second-order valence-electron chi connectivity index (χ2n) is 8.79. The number of thioether (sulfide) groups is 1. The first-order chi connectivity index (χ1) is 15.5. The number of benzene rings is 1. The Balaban J connectivity index is 1.39. The summed E-state index contributed by atoms with van der Waals surface area (Å²) >= 11 is 1.52. The van der Waals surface area contributed by atoms with E-state index in [1.807, 2.05) is 17.9 Å². The zero-order valence-corrected chi connectivity index (χ0v) is 20.1. The molecule has 0 radical (unpaired) electrons. The fourth-order valence-corrected chi connectivity index (χ4v) is 5.12. The lowest BCUT2D eigenvalue weighted by Gasteiger charge is -2.37. The lowest BCUT2D eigenvalue weighted by Crippen LogP contribution is -2.50. The van der Waals surface area contributed by atoms with Gasteiger partial charge in [-0.1, -0.05) is 43.8 Å². The van der Waals surface area contributed by atoms with Gasteiger partial charge in [0.05, 0.1) is 18.5 Å². The van der Waals surface area contributed by atoms with E-state index < -0.39 is 0 Å². The molecule has 2 aliphatic heterocycles. The van der Waals surface area contributed by atoms with Gasteiger partial charge < -0.3 is 19.4 Å². The number of rotatable bonds is 7. The molecule has 0 spiro atoms. The number of hydrogen-bond donors (Lipinski definition) is 0. The third kappa shape index (κ3) is 5.38. The summed E-state index contributed by atoms with van der Waals surface area (Å²) in [5.74, 6) is 1.53. The number of amides is 1. The van der Waals surface area contributed by atoms with Gasteiger partial charge in [0.15, 0.2) is 5.16 Å². The second kappa shape index (κ2) is 10.6. The zero-order valence-electron chi connectivity index (χ0n) is 19.3. The molecule has 0 saturated carbocycles. The Hall–Kier alpha value is -2.26. The van der Waals surface area contributed by atoms with Crippen molar-refractivity contribution in [3.05, 3.63) is 30.3 Å². The Morgan fingerprint density at radius 2 is 1.66 bits per heavy atom. The molecule has 1 aromatic carbocycles. The summed E-state index contributed by atoms with van der Waals surface area (Å²) in [6, 6.07) is 10.4. The number of morpholine rings is 1. The molecular weight excluding hydrogens is 424 g/mol. The lowest BCUT2D eigenvalue weighted by atomic mass is 10.2. The van der Waals surface area contributed by atoms with Crippen LogP contribution in [-0.4, -0.2) is 83.3 Å². The first-order valence-electron chi connectivity index (χ1n) is 11.5. The van der Waals surface area contributed by atoms with Gasteiger partial charge in [0.25, 0.3) is 0 Å². The van der Waals surface area contributed by atoms with Crippen molar-refractivity contribution in [3.63, 3.8) is 0 Å². The van der Waals surface area contributed by atoms with Crippen molar-refractivity contribution < 1.29 is 9.53 Å². The summed E-state index contributed by atoms with van der Waals surface area (Å²) in [4.78, 5) is 19.8. The Morgan fingerprint density at radius 3 is 2.31 bits per heavy atom. The third-order valence-corrected chi connectivity index (χ3v) is 6.95. The van der Waals surface area contributed by atoms with Gasteiger partial charge in [-0.15, -0.1) is 10.2 Å². The molecule has 2 fully saturated rings. The standard InChI is InChI=1S/C23H34N6O2S/c1-18(2)17-29-22(28-13-15-31-16-14-28)24-25-23(29)32-19(3)21(30)27-11-9-26(10-12-27)20-7-5-4-6-8-20/h4-8,18-19H,9-17H2,1-3H3. The summed E-state index contributed by atoms with van der Waals surface area (Å²) in [5.41, 5.74) is 1.22. The summed E-state index contributed by atoms with van der Waals surface area (Å²) in [5, 5.41) is 9.59. The topological polar surface area (TPSA) is 66.7 Å². The van der Waals surface area contributed by atoms with Gasteiger partial charge in [-0.25, -0.2) is 0 Å². The Kier molecular flexibility index (Phi) is 7.57. The molecule has 3 heterocycles. The average Bonchev–Trinajstić information content (AvgIpc) is 3.21. The van der Waals surface area contributed by atoms with E-state index in [1.165, 1.54) is 17.4 Å². The highest BCUT2D eigenvalue weighted by Gasteiger charge is 2.28. The van der Waals surface area contributed by atoms with Crippen molar-refractivity contribution in [1.29, 1.82) is 0 Å². The highest BCUT2D eigenvalue weighted by molar-refractivity contribution is 8.00. The van der Waals surface area contributed by atoms with Gasteiger partial charge in [0, 0.05) is 51.5 Å². The quantitative estimate of drug-likeness (QED) is 0.591. The van der Waals surface area contributed by atoms with Crippen LogP contribution >= 0.6 is 11.8 Å². The maximum Gasteiger partial charge on any atom is 0.236 e. The molecule has 1 amide bonds. The molecule has 1 unspecified atom stereocenters. The van der Waals surface area contributed by atoms with Crippen LogP contribution in [0.5, 0.6) is 0 Å². The van der Waals surface area contributed by atoms with Gasteiger partial charge >= 0.3 is 0 Å². The van der Waals surface area contributed by atoms with E-state index in [4.69, 9.17) is 4.74 Å². The molecule has 0 aliphatic carbocycles. The van der Waals surface area contributed by atoms with Gasteiger partial charge in [-0.3, -0.25) is 9.36 Å². The number of piperazine rings is 1. The maximum absolute atomic E-state index is 13.2. The van der Waals surface area contributed by atoms with E-state index in [1.54, 1.807) is 0 Å². The number of carbonyl (C=O) groups excluding carboxylic acids is 1. The van der Waals surface area contributed by atoms with Crippen LogP contribution in [0.1, 0.15) is 20.8 Å². The minimum atomic E-state index is -0.203. The molecule has 8 nitrogen and oxygen atoms in total. The van der Waals surface area contributed by atoms with Crippen LogP contribution in [0.25, 0.3) is 0 Å². The molecule has 2 saturated heterocycles.